The molecule has 0 fully saturated rings. The predicted octanol–water partition coefficient (Wildman–Crippen LogP) is 5.61. The first-order chi connectivity index (χ1) is 17.8. The van der Waals surface area contributed by atoms with Crippen molar-refractivity contribution in [1.82, 2.24) is 20.3 Å². The highest BCUT2D eigenvalue weighted by molar-refractivity contribution is 5.85. The standard InChI is InChI=1S/C30H34N4O3/c1-5-26-19-34(18-25-13-22-8-6-7-9-23(22)14-27(25)36-26)17-24-12-21(11-10-20(24)2)15-30(3,4)29(35)37-28-16-31-33-32-28/h6-14,16,26H,5,15,17-19H2,1-4H3,(H,31,32,33)/t26-/m1/s1. The Morgan fingerprint density at radius 3 is 2.68 bits per heavy atom. The number of benzene rings is 3. The highest BCUT2D eigenvalue weighted by Crippen LogP contribution is 2.32. The monoisotopic (exact) mass is 498 g/mol. The van der Waals surface area contributed by atoms with Gasteiger partial charge in [0.1, 0.15) is 18.1 Å². The zero-order valence-electron chi connectivity index (χ0n) is 22.0. The number of rotatable bonds is 7. The van der Waals surface area contributed by atoms with Gasteiger partial charge in [0.15, 0.2) is 0 Å². The van der Waals surface area contributed by atoms with E-state index in [0.29, 0.717) is 6.42 Å². The summed E-state index contributed by atoms with van der Waals surface area (Å²) in [7, 11) is 0. The molecule has 1 aromatic heterocycles. The fourth-order valence-electron chi connectivity index (χ4n) is 4.95. The largest absolute Gasteiger partial charge is 0.489 e. The molecule has 1 aliphatic heterocycles. The summed E-state index contributed by atoms with van der Waals surface area (Å²) in [5, 5.41) is 12.3. The van der Waals surface area contributed by atoms with Crippen molar-refractivity contribution in [2.45, 2.75) is 59.7 Å². The molecule has 1 N–H and O–H groups in total. The molecule has 2 heterocycles. The molecule has 0 saturated carbocycles. The molecule has 1 aliphatic rings. The van der Waals surface area contributed by atoms with E-state index >= 15 is 0 Å². The summed E-state index contributed by atoms with van der Waals surface area (Å²) >= 11 is 0. The molecular formula is C30H34N4O3. The third-order valence-corrected chi connectivity index (χ3v) is 7.14. The van der Waals surface area contributed by atoms with Gasteiger partial charge in [0, 0.05) is 25.2 Å². The maximum atomic E-state index is 12.8. The van der Waals surface area contributed by atoms with Crippen LogP contribution in [0.2, 0.25) is 0 Å². The van der Waals surface area contributed by atoms with Crippen LogP contribution in [-0.4, -0.2) is 38.9 Å². The maximum Gasteiger partial charge on any atom is 0.318 e. The number of hydrogen-bond donors (Lipinski definition) is 1. The number of ether oxygens (including phenoxy) is 2. The number of H-pyrrole nitrogens is 1. The van der Waals surface area contributed by atoms with Crippen LogP contribution in [0.15, 0.2) is 60.8 Å². The van der Waals surface area contributed by atoms with E-state index < -0.39 is 5.41 Å². The van der Waals surface area contributed by atoms with E-state index in [1.54, 1.807) is 0 Å². The lowest BCUT2D eigenvalue weighted by molar-refractivity contribution is -0.144. The number of fused-ring (bicyclic) bond motifs is 2. The number of carbonyl (C=O) groups is 1. The molecule has 5 rings (SSSR count). The van der Waals surface area contributed by atoms with E-state index in [4.69, 9.17) is 9.47 Å². The Hall–Kier alpha value is -3.71. The number of aromatic amines is 1. The van der Waals surface area contributed by atoms with Crippen molar-refractivity contribution in [3.8, 4) is 11.6 Å². The van der Waals surface area contributed by atoms with Crippen molar-refractivity contribution in [3.63, 3.8) is 0 Å². The highest BCUT2D eigenvalue weighted by atomic mass is 16.5. The second-order valence-electron chi connectivity index (χ2n) is 10.7. The molecule has 0 amide bonds. The van der Waals surface area contributed by atoms with Gasteiger partial charge >= 0.3 is 5.97 Å². The second kappa shape index (κ2) is 10.3. The molecule has 0 bridgehead atoms. The number of nitrogens with one attached hydrogen (secondary N) is 1. The molecule has 0 unspecified atom stereocenters. The number of carbonyl (C=O) groups excluding carboxylic acids is 1. The number of aryl methyl sites for hydroxylation is 1. The van der Waals surface area contributed by atoms with Gasteiger partial charge < -0.3 is 9.47 Å². The van der Waals surface area contributed by atoms with Crippen molar-refractivity contribution < 1.29 is 14.3 Å². The number of hydrogen-bond acceptors (Lipinski definition) is 6. The summed E-state index contributed by atoms with van der Waals surface area (Å²) in [4.78, 5) is 15.3. The van der Waals surface area contributed by atoms with Gasteiger partial charge in [-0.1, -0.05) is 54.6 Å². The van der Waals surface area contributed by atoms with Crippen LogP contribution in [0.25, 0.3) is 10.8 Å². The van der Waals surface area contributed by atoms with Crippen LogP contribution in [0.1, 0.15) is 49.4 Å². The summed E-state index contributed by atoms with van der Waals surface area (Å²) in [6.07, 6.45) is 3.05. The highest BCUT2D eigenvalue weighted by Gasteiger charge is 2.31. The Bertz CT molecular complexity index is 1400. The lowest BCUT2D eigenvalue weighted by Gasteiger charge is -2.25. The molecule has 192 valence electrons. The van der Waals surface area contributed by atoms with Crippen LogP contribution < -0.4 is 9.47 Å². The van der Waals surface area contributed by atoms with E-state index in [0.717, 1.165) is 37.4 Å². The average molecular weight is 499 g/mol. The van der Waals surface area contributed by atoms with Gasteiger partial charge in [0.05, 0.1) is 5.41 Å². The summed E-state index contributed by atoms with van der Waals surface area (Å²) < 4.78 is 11.9. The smallest absolute Gasteiger partial charge is 0.318 e. The number of esters is 1. The zero-order valence-corrected chi connectivity index (χ0v) is 22.0. The Morgan fingerprint density at radius 2 is 1.95 bits per heavy atom. The second-order valence-corrected chi connectivity index (χ2v) is 10.7. The van der Waals surface area contributed by atoms with Gasteiger partial charge in [-0.3, -0.25) is 9.69 Å². The molecule has 0 spiro atoms. The Kier molecular flexibility index (Phi) is 6.98. The first-order valence-electron chi connectivity index (χ1n) is 12.9. The minimum atomic E-state index is -0.707. The van der Waals surface area contributed by atoms with Gasteiger partial charge in [0.2, 0.25) is 5.88 Å². The first kappa shape index (κ1) is 25.0. The summed E-state index contributed by atoms with van der Waals surface area (Å²) in [6.45, 7) is 10.6. The third-order valence-electron chi connectivity index (χ3n) is 7.14. The van der Waals surface area contributed by atoms with Crippen molar-refractivity contribution in [2.75, 3.05) is 6.54 Å². The van der Waals surface area contributed by atoms with Gasteiger partial charge in [-0.15, -0.1) is 5.10 Å². The minimum absolute atomic E-state index is 0.136. The quantitative estimate of drug-likeness (QED) is 0.334. The van der Waals surface area contributed by atoms with Gasteiger partial charge in [-0.2, -0.15) is 0 Å². The Morgan fingerprint density at radius 1 is 1.16 bits per heavy atom. The Labute approximate surface area is 217 Å². The predicted molar refractivity (Wildman–Crippen MR) is 143 cm³/mol. The van der Waals surface area contributed by atoms with Crippen LogP contribution >= 0.6 is 0 Å². The van der Waals surface area contributed by atoms with Crippen molar-refractivity contribution in [3.05, 3.63) is 83.0 Å². The maximum absolute atomic E-state index is 12.8. The molecular weight excluding hydrogens is 464 g/mol. The molecule has 0 saturated heterocycles. The van der Waals surface area contributed by atoms with Gasteiger partial charge in [-0.05, 0) is 73.2 Å². The van der Waals surface area contributed by atoms with E-state index in [1.807, 2.05) is 13.8 Å². The van der Waals surface area contributed by atoms with E-state index in [1.165, 1.54) is 33.7 Å². The Balaban J connectivity index is 1.35. The summed E-state index contributed by atoms with van der Waals surface area (Å²) in [5.74, 6) is 0.927. The van der Waals surface area contributed by atoms with Crippen molar-refractivity contribution in [2.24, 2.45) is 5.41 Å². The molecule has 7 nitrogen and oxygen atoms in total. The molecule has 0 radical (unpaired) electrons. The zero-order chi connectivity index (χ0) is 26.0. The van der Waals surface area contributed by atoms with Crippen LogP contribution in [0.5, 0.6) is 11.6 Å². The number of aromatic nitrogens is 3. The molecule has 37 heavy (non-hydrogen) atoms. The average Bonchev–Trinajstić information content (AvgIpc) is 3.32. The van der Waals surface area contributed by atoms with E-state index in [2.05, 4.69) is 88.8 Å². The topological polar surface area (TPSA) is 80.3 Å². The van der Waals surface area contributed by atoms with E-state index in [9.17, 15) is 4.79 Å². The molecule has 3 aromatic carbocycles. The first-order valence-corrected chi connectivity index (χ1v) is 12.9. The lowest BCUT2D eigenvalue weighted by atomic mass is 9.85. The van der Waals surface area contributed by atoms with Crippen molar-refractivity contribution in [1.29, 1.82) is 0 Å². The van der Waals surface area contributed by atoms with E-state index in [-0.39, 0.29) is 18.0 Å². The summed E-state index contributed by atoms with van der Waals surface area (Å²) in [6, 6.07) is 19.4. The van der Waals surface area contributed by atoms with Gasteiger partial charge in [-0.25, -0.2) is 5.10 Å². The molecule has 0 aliphatic carbocycles. The minimum Gasteiger partial charge on any atom is -0.489 e. The fourth-order valence-corrected chi connectivity index (χ4v) is 4.95. The van der Waals surface area contributed by atoms with Crippen LogP contribution in [0, 0.1) is 12.3 Å². The molecule has 7 heteroatoms. The van der Waals surface area contributed by atoms with Crippen LogP contribution in [-0.2, 0) is 24.3 Å². The normalized spacial score (nSPS) is 16.2. The van der Waals surface area contributed by atoms with Crippen LogP contribution in [0.4, 0.5) is 0 Å². The molecule has 1 atom stereocenters. The van der Waals surface area contributed by atoms with Gasteiger partial charge in [0.25, 0.3) is 0 Å². The lowest BCUT2D eigenvalue weighted by Crippen LogP contribution is -2.32. The third kappa shape index (κ3) is 5.67. The fraction of sp³-hybridized carbons (Fsp3) is 0.367. The SMILES string of the molecule is CC[C@@H]1CN(Cc2cc(CC(C)(C)C(=O)Oc3cnn[nH]3)ccc2C)Cc2cc3ccccc3cc2O1. The molecule has 4 aromatic rings. The van der Waals surface area contributed by atoms with Crippen molar-refractivity contribution >= 4 is 16.7 Å². The van der Waals surface area contributed by atoms with Crippen LogP contribution in [0.3, 0.4) is 0 Å². The summed E-state index contributed by atoms with van der Waals surface area (Å²) in [5.41, 5.74) is 4.13. The number of nitrogens with zero attached hydrogens (tertiary/aromatic N) is 3.